The smallest absolute Gasteiger partial charge is 0.472 e. The Balaban J connectivity index is 1.67. The maximum absolute atomic E-state index is 12.7. The van der Waals surface area contributed by atoms with E-state index in [0.717, 1.165) is 139 Å². The third kappa shape index (κ3) is 20.3. The Hall–Kier alpha value is -2.96. The molecule has 2 heterocycles. The number of esters is 2. The molecule has 0 saturated heterocycles. The number of unbranched alkanes of at least 4 members (excludes halogenated alkanes) is 12. The molecule has 0 fully saturated rings. The Morgan fingerprint density at radius 2 is 0.966 bits per heavy atom. The lowest BCUT2D eigenvalue weighted by atomic mass is 10.0. The number of rotatable bonds is 34. The van der Waals surface area contributed by atoms with E-state index in [1.165, 1.54) is 22.3 Å². The highest BCUT2D eigenvalue weighted by Gasteiger charge is 2.28. The largest absolute Gasteiger partial charge is 0.480 e. The lowest BCUT2D eigenvalue weighted by molar-refractivity contribution is -0.161. The highest BCUT2D eigenvalue weighted by atomic mass is 31.2. The van der Waals surface area contributed by atoms with Gasteiger partial charge < -0.3 is 34.0 Å². The molecular formula is C44H74NO12P. The highest BCUT2D eigenvalue weighted by Crippen LogP contribution is 2.43. The number of aliphatic carboxylic acids is 1. The molecule has 3 atom stereocenters. The van der Waals surface area contributed by atoms with E-state index in [-0.39, 0.29) is 19.4 Å². The summed E-state index contributed by atoms with van der Waals surface area (Å²) in [5.41, 5.74) is 10.5. The third-order valence-electron chi connectivity index (χ3n) is 10.7. The first-order chi connectivity index (χ1) is 27.7. The number of ether oxygens (including phenoxy) is 2. The number of carbonyl (C=O) groups is 3. The van der Waals surface area contributed by atoms with Crippen LogP contribution in [0.4, 0.5) is 0 Å². The highest BCUT2D eigenvalue weighted by molar-refractivity contribution is 7.47. The molecule has 0 saturated carbocycles. The Labute approximate surface area is 347 Å². The van der Waals surface area contributed by atoms with Crippen molar-refractivity contribution in [2.24, 2.45) is 5.73 Å². The molecule has 0 spiro atoms. The van der Waals surface area contributed by atoms with E-state index >= 15 is 0 Å². The Morgan fingerprint density at radius 3 is 1.40 bits per heavy atom. The van der Waals surface area contributed by atoms with Crippen molar-refractivity contribution >= 4 is 25.7 Å². The van der Waals surface area contributed by atoms with Gasteiger partial charge in [-0.3, -0.25) is 23.4 Å². The van der Waals surface area contributed by atoms with Gasteiger partial charge in [-0.25, -0.2) is 4.57 Å². The molecule has 14 heteroatoms. The zero-order valence-electron chi connectivity index (χ0n) is 36.3. The fourth-order valence-corrected chi connectivity index (χ4v) is 7.58. The van der Waals surface area contributed by atoms with Gasteiger partial charge in [0.25, 0.3) is 0 Å². The number of hydrogen-bond acceptors (Lipinski definition) is 11. The van der Waals surface area contributed by atoms with E-state index in [1.54, 1.807) is 0 Å². The van der Waals surface area contributed by atoms with Gasteiger partial charge in [-0.05, 0) is 88.5 Å². The van der Waals surface area contributed by atoms with Gasteiger partial charge >= 0.3 is 25.7 Å². The van der Waals surface area contributed by atoms with Crippen LogP contribution in [0.2, 0.25) is 0 Å². The Morgan fingerprint density at radius 1 is 0.586 bits per heavy atom. The molecule has 0 amide bonds. The van der Waals surface area contributed by atoms with Gasteiger partial charge in [0.1, 0.15) is 35.7 Å². The molecule has 0 aliphatic carbocycles. The van der Waals surface area contributed by atoms with Crippen LogP contribution >= 0.6 is 7.82 Å². The fraction of sp³-hybridized carbons (Fsp3) is 0.750. The molecule has 0 aliphatic rings. The van der Waals surface area contributed by atoms with Crippen LogP contribution in [-0.2, 0) is 63.2 Å². The minimum atomic E-state index is -4.74. The van der Waals surface area contributed by atoms with E-state index in [2.05, 4.69) is 46.1 Å². The van der Waals surface area contributed by atoms with Crippen LogP contribution in [0.15, 0.2) is 8.83 Å². The topological polar surface area (TPSA) is 198 Å². The lowest BCUT2D eigenvalue weighted by Crippen LogP contribution is -2.34. The van der Waals surface area contributed by atoms with Gasteiger partial charge in [0, 0.05) is 38.5 Å². The molecule has 13 nitrogen and oxygen atoms in total. The number of carboxylic acid groups (broad SMARTS) is 1. The summed E-state index contributed by atoms with van der Waals surface area (Å²) < 4.78 is 45.0. The van der Waals surface area contributed by atoms with Gasteiger partial charge in [-0.15, -0.1) is 0 Å². The average molecular weight is 840 g/mol. The SMILES string of the molecule is CCCc1oc(CCCCCCCCCCC(=O)OCC(COP(=O)(O)OCC(N)C(=O)O)OC(=O)CCCCCCCCc2oc(CCC)c(C)c2C)c(C)c1C. The van der Waals surface area contributed by atoms with Gasteiger partial charge in [-0.1, -0.05) is 78.1 Å². The summed E-state index contributed by atoms with van der Waals surface area (Å²) in [7, 11) is -4.74. The first kappa shape index (κ1) is 51.2. The first-order valence-corrected chi connectivity index (χ1v) is 23.3. The molecular weight excluding hydrogens is 765 g/mol. The zero-order valence-corrected chi connectivity index (χ0v) is 37.2. The van der Waals surface area contributed by atoms with E-state index in [0.29, 0.717) is 12.8 Å². The summed E-state index contributed by atoms with van der Waals surface area (Å²) in [5, 5.41) is 8.91. The van der Waals surface area contributed by atoms with Crippen molar-refractivity contribution in [3.63, 3.8) is 0 Å². The minimum Gasteiger partial charge on any atom is -0.480 e. The number of carboxylic acids is 1. The second-order valence-electron chi connectivity index (χ2n) is 15.6. The summed E-state index contributed by atoms with van der Waals surface area (Å²) in [4.78, 5) is 46.2. The van der Waals surface area contributed by atoms with Crippen LogP contribution in [0.3, 0.4) is 0 Å². The van der Waals surface area contributed by atoms with Crippen LogP contribution < -0.4 is 5.73 Å². The van der Waals surface area contributed by atoms with E-state index in [9.17, 15) is 23.8 Å². The monoisotopic (exact) mass is 839 g/mol. The second kappa shape index (κ2) is 28.5. The number of hydrogen-bond donors (Lipinski definition) is 3. The van der Waals surface area contributed by atoms with Crippen molar-refractivity contribution in [3.8, 4) is 0 Å². The fourth-order valence-electron chi connectivity index (χ4n) is 6.81. The van der Waals surface area contributed by atoms with Crippen molar-refractivity contribution in [2.75, 3.05) is 19.8 Å². The van der Waals surface area contributed by atoms with Gasteiger partial charge in [-0.2, -0.15) is 0 Å². The standard InChI is InChI=1S/C44H74NO12P/c1-7-23-38-32(3)34(5)40(56-38)25-19-15-11-9-10-12-17-21-27-42(46)52-29-36(30-53-58(50,51)54-31-37(45)44(48)49)55-43(47)28-22-18-14-13-16-20-26-41-35(6)33(4)39(57-41)24-8-2/h36-37H,7-31,45H2,1-6H3,(H,48,49)(H,50,51). The lowest BCUT2D eigenvalue weighted by Gasteiger charge is -2.20. The van der Waals surface area contributed by atoms with E-state index in [1.807, 2.05) is 0 Å². The van der Waals surface area contributed by atoms with Gasteiger partial charge in [0.15, 0.2) is 6.10 Å². The third-order valence-corrected chi connectivity index (χ3v) is 11.7. The predicted molar refractivity (Wildman–Crippen MR) is 224 cm³/mol. The average Bonchev–Trinajstić information content (AvgIpc) is 3.61. The molecule has 2 rings (SSSR count). The molecule has 2 aromatic heterocycles. The zero-order chi connectivity index (χ0) is 42.9. The van der Waals surface area contributed by atoms with E-state index < -0.39 is 51.1 Å². The van der Waals surface area contributed by atoms with Crippen LogP contribution in [-0.4, -0.2) is 59.9 Å². The van der Waals surface area contributed by atoms with Crippen LogP contribution in [0.1, 0.15) is 175 Å². The van der Waals surface area contributed by atoms with Gasteiger partial charge in [0.2, 0.25) is 0 Å². The molecule has 4 N–H and O–H groups in total. The normalized spacial score (nSPS) is 13.7. The number of aryl methyl sites for hydroxylation is 4. The molecule has 3 unspecified atom stereocenters. The van der Waals surface area contributed by atoms with Crippen molar-refractivity contribution < 1.29 is 56.3 Å². The molecule has 0 aliphatic heterocycles. The predicted octanol–water partition coefficient (Wildman–Crippen LogP) is 10.0. The van der Waals surface area contributed by atoms with Crippen molar-refractivity contribution in [2.45, 2.75) is 195 Å². The van der Waals surface area contributed by atoms with Crippen molar-refractivity contribution in [1.82, 2.24) is 0 Å². The summed E-state index contributed by atoms with van der Waals surface area (Å²) in [6, 6.07) is -1.53. The summed E-state index contributed by atoms with van der Waals surface area (Å²) in [6.45, 7) is 11.1. The first-order valence-electron chi connectivity index (χ1n) is 21.8. The minimum absolute atomic E-state index is 0.125. The Kier molecular flexibility index (Phi) is 25.1. The maximum Gasteiger partial charge on any atom is 0.472 e. The second-order valence-corrected chi connectivity index (χ2v) is 17.1. The summed E-state index contributed by atoms with van der Waals surface area (Å²) in [6.07, 6.45) is 18.9. The summed E-state index contributed by atoms with van der Waals surface area (Å²) >= 11 is 0. The number of phosphoric acid groups is 1. The molecule has 0 aromatic carbocycles. The molecule has 58 heavy (non-hydrogen) atoms. The van der Waals surface area contributed by atoms with Crippen LogP contribution in [0, 0.1) is 27.7 Å². The van der Waals surface area contributed by atoms with E-state index in [4.69, 9.17) is 33.7 Å². The summed E-state index contributed by atoms with van der Waals surface area (Å²) in [5.74, 6) is 2.00. The van der Waals surface area contributed by atoms with Gasteiger partial charge in [0.05, 0.1) is 13.2 Å². The van der Waals surface area contributed by atoms with Crippen molar-refractivity contribution in [1.29, 1.82) is 0 Å². The molecule has 0 bridgehead atoms. The molecule has 0 radical (unpaired) electrons. The quantitative estimate of drug-likeness (QED) is 0.0342. The number of carbonyl (C=O) groups excluding carboxylic acids is 2. The van der Waals surface area contributed by atoms with Crippen molar-refractivity contribution in [3.05, 3.63) is 45.3 Å². The number of phosphoric ester groups is 1. The number of furan rings is 2. The molecule has 2 aromatic rings. The molecule has 332 valence electrons. The maximum atomic E-state index is 12.7. The number of nitrogens with two attached hydrogens (primary N) is 1. The van der Waals surface area contributed by atoms with Crippen LogP contribution in [0.5, 0.6) is 0 Å². The van der Waals surface area contributed by atoms with Crippen LogP contribution in [0.25, 0.3) is 0 Å². The Bertz CT molecular complexity index is 1550.